The number of aryl methyl sites for hydroxylation is 2. The van der Waals surface area contributed by atoms with Gasteiger partial charge in [-0.1, -0.05) is 32.0 Å². The number of nitrogens with zero attached hydrogens (tertiary/aromatic N) is 1. The zero-order valence-electron chi connectivity index (χ0n) is 10.7. The maximum atomic E-state index is 6.10. The van der Waals surface area contributed by atoms with E-state index in [0.29, 0.717) is 5.92 Å². The Labute approximate surface area is 107 Å². The largest absolute Gasteiger partial charge is 0.389 e. The summed E-state index contributed by atoms with van der Waals surface area (Å²) in [5.41, 5.74) is 10.7. The quantitative estimate of drug-likeness (QED) is 0.865. The minimum Gasteiger partial charge on any atom is -0.389 e. The molecule has 2 aromatic rings. The highest BCUT2D eigenvalue weighted by Gasteiger charge is 2.15. The van der Waals surface area contributed by atoms with Crippen molar-refractivity contribution in [1.82, 2.24) is 4.98 Å². The Morgan fingerprint density at radius 1 is 1.18 bits per heavy atom. The summed E-state index contributed by atoms with van der Waals surface area (Å²) >= 11 is 1.60. The van der Waals surface area contributed by atoms with Crippen LogP contribution in [0.4, 0.5) is 5.00 Å². The van der Waals surface area contributed by atoms with E-state index in [4.69, 9.17) is 10.7 Å². The fourth-order valence-electron chi connectivity index (χ4n) is 1.96. The van der Waals surface area contributed by atoms with Crippen molar-refractivity contribution >= 4 is 16.3 Å². The van der Waals surface area contributed by atoms with E-state index in [1.54, 1.807) is 11.3 Å². The van der Waals surface area contributed by atoms with E-state index in [1.807, 2.05) is 0 Å². The number of aromatic nitrogens is 1. The molecule has 0 fully saturated rings. The Morgan fingerprint density at radius 3 is 2.24 bits per heavy atom. The number of benzene rings is 1. The summed E-state index contributed by atoms with van der Waals surface area (Å²) in [7, 11) is 0. The van der Waals surface area contributed by atoms with Crippen LogP contribution in [0.2, 0.25) is 0 Å². The number of rotatable bonds is 2. The van der Waals surface area contributed by atoms with Crippen LogP contribution in [-0.2, 0) is 0 Å². The van der Waals surface area contributed by atoms with Crippen LogP contribution in [0.15, 0.2) is 18.2 Å². The third-order valence-corrected chi connectivity index (χ3v) is 4.07. The van der Waals surface area contributed by atoms with E-state index in [-0.39, 0.29) is 0 Å². The van der Waals surface area contributed by atoms with Gasteiger partial charge in [-0.3, -0.25) is 0 Å². The van der Waals surface area contributed by atoms with Crippen LogP contribution >= 0.6 is 11.3 Å². The van der Waals surface area contributed by atoms with Gasteiger partial charge < -0.3 is 5.73 Å². The molecule has 0 aliphatic heterocycles. The van der Waals surface area contributed by atoms with Gasteiger partial charge in [0.25, 0.3) is 0 Å². The maximum absolute atomic E-state index is 6.10. The maximum Gasteiger partial charge on any atom is 0.114 e. The summed E-state index contributed by atoms with van der Waals surface area (Å²) in [5, 5.41) is 1.94. The van der Waals surface area contributed by atoms with Gasteiger partial charge in [0.2, 0.25) is 0 Å². The van der Waals surface area contributed by atoms with Crippen molar-refractivity contribution in [3.05, 3.63) is 34.3 Å². The zero-order chi connectivity index (χ0) is 12.6. The van der Waals surface area contributed by atoms with Crippen LogP contribution in [0.3, 0.4) is 0 Å². The van der Waals surface area contributed by atoms with Crippen LogP contribution in [0.25, 0.3) is 11.3 Å². The first-order chi connectivity index (χ1) is 8.00. The van der Waals surface area contributed by atoms with E-state index in [1.165, 1.54) is 16.7 Å². The van der Waals surface area contributed by atoms with Crippen molar-refractivity contribution < 1.29 is 0 Å². The van der Waals surface area contributed by atoms with Crippen LogP contribution in [0, 0.1) is 13.8 Å². The number of thiazole rings is 1. The van der Waals surface area contributed by atoms with Gasteiger partial charge in [-0.25, -0.2) is 4.98 Å². The second-order valence-electron chi connectivity index (χ2n) is 4.69. The number of hydrogen-bond donors (Lipinski definition) is 1. The molecular weight excluding hydrogens is 228 g/mol. The summed E-state index contributed by atoms with van der Waals surface area (Å²) in [5.74, 6) is 0.431. The van der Waals surface area contributed by atoms with Crippen LogP contribution in [0.1, 0.15) is 35.9 Å². The van der Waals surface area contributed by atoms with Crippen LogP contribution in [0.5, 0.6) is 0 Å². The molecule has 2 nitrogen and oxygen atoms in total. The van der Waals surface area contributed by atoms with Gasteiger partial charge in [0.15, 0.2) is 0 Å². The predicted molar refractivity (Wildman–Crippen MR) is 75.5 cm³/mol. The fourth-order valence-corrected chi connectivity index (χ4v) is 2.81. The molecule has 17 heavy (non-hydrogen) atoms. The lowest BCUT2D eigenvalue weighted by atomic mass is 10.0. The van der Waals surface area contributed by atoms with E-state index in [0.717, 1.165) is 15.7 Å². The van der Waals surface area contributed by atoms with Gasteiger partial charge in [-0.15, -0.1) is 11.3 Å². The van der Waals surface area contributed by atoms with Gasteiger partial charge in [-0.05, 0) is 25.0 Å². The molecule has 90 valence electrons. The van der Waals surface area contributed by atoms with E-state index in [2.05, 4.69) is 45.9 Å². The molecule has 0 aliphatic rings. The normalized spacial score (nSPS) is 11.1. The minimum absolute atomic E-state index is 0.431. The fraction of sp³-hybridized carbons (Fsp3) is 0.357. The monoisotopic (exact) mass is 246 g/mol. The van der Waals surface area contributed by atoms with Crippen molar-refractivity contribution in [2.75, 3.05) is 5.73 Å². The van der Waals surface area contributed by atoms with Crippen molar-refractivity contribution in [3.8, 4) is 11.3 Å². The molecule has 1 aromatic heterocycles. The molecule has 0 saturated heterocycles. The number of anilines is 1. The van der Waals surface area contributed by atoms with Crippen LogP contribution in [-0.4, -0.2) is 4.98 Å². The highest BCUT2D eigenvalue weighted by molar-refractivity contribution is 7.16. The molecule has 0 spiro atoms. The molecule has 2 N–H and O–H groups in total. The third kappa shape index (κ3) is 2.20. The predicted octanol–water partition coefficient (Wildman–Crippen LogP) is 4.13. The molecular formula is C14H18N2S. The lowest BCUT2D eigenvalue weighted by Gasteiger charge is -2.07. The summed E-state index contributed by atoms with van der Waals surface area (Å²) in [6.07, 6.45) is 0. The Hall–Kier alpha value is -1.35. The number of hydrogen-bond acceptors (Lipinski definition) is 3. The smallest absolute Gasteiger partial charge is 0.114 e. The Balaban J connectivity index is 2.61. The number of nitrogens with two attached hydrogens (primary N) is 1. The van der Waals surface area contributed by atoms with Gasteiger partial charge in [0, 0.05) is 11.5 Å². The summed E-state index contributed by atoms with van der Waals surface area (Å²) in [6.45, 7) is 8.51. The van der Waals surface area contributed by atoms with Gasteiger partial charge in [0.05, 0.1) is 5.01 Å². The molecule has 3 heteroatoms. The lowest BCUT2D eigenvalue weighted by Crippen LogP contribution is -1.92. The zero-order valence-corrected chi connectivity index (χ0v) is 11.6. The Kier molecular flexibility index (Phi) is 3.20. The first-order valence-electron chi connectivity index (χ1n) is 5.83. The molecule has 1 heterocycles. The van der Waals surface area contributed by atoms with E-state index < -0.39 is 0 Å². The van der Waals surface area contributed by atoms with Gasteiger partial charge in [-0.2, -0.15) is 0 Å². The highest BCUT2D eigenvalue weighted by Crippen LogP contribution is 2.36. The minimum atomic E-state index is 0.431. The summed E-state index contributed by atoms with van der Waals surface area (Å²) in [6, 6.07) is 6.28. The first kappa shape index (κ1) is 12.1. The standard InChI is InChI=1S/C14H18N2S/c1-8(2)14-16-12(13(15)17-14)11-9(3)6-5-7-10(11)4/h5-8H,15H2,1-4H3. The average molecular weight is 246 g/mol. The van der Waals surface area contributed by atoms with E-state index in [9.17, 15) is 0 Å². The molecule has 0 unspecified atom stereocenters. The first-order valence-corrected chi connectivity index (χ1v) is 6.65. The van der Waals surface area contributed by atoms with Gasteiger partial charge in [0.1, 0.15) is 10.7 Å². The molecule has 0 aliphatic carbocycles. The summed E-state index contributed by atoms with van der Waals surface area (Å²) in [4.78, 5) is 4.69. The summed E-state index contributed by atoms with van der Waals surface area (Å²) < 4.78 is 0. The third-order valence-electron chi connectivity index (χ3n) is 2.88. The number of nitrogen functional groups attached to an aromatic ring is 1. The Morgan fingerprint density at radius 2 is 1.76 bits per heavy atom. The van der Waals surface area contributed by atoms with Crippen LogP contribution < -0.4 is 5.73 Å². The molecule has 2 rings (SSSR count). The average Bonchev–Trinajstić information content (AvgIpc) is 2.61. The van der Waals surface area contributed by atoms with Crippen molar-refractivity contribution in [2.24, 2.45) is 0 Å². The molecule has 0 saturated carbocycles. The second-order valence-corrected chi connectivity index (χ2v) is 5.75. The van der Waals surface area contributed by atoms with Crippen molar-refractivity contribution in [2.45, 2.75) is 33.6 Å². The molecule has 0 bridgehead atoms. The SMILES string of the molecule is Cc1cccc(C)c1-c1nc(C(C)C)sc1N. The van der Waals surface area contributed by atoms with Crippen molar-refractivity contribution in [1.29, 1.82) is 0 Å². The molecule has 0 amide bonds. The van der Waals surface area contributed by atoms with Crippen molar-refractivity contribution in [3.63, 3.8) is 0 Å². The van der Waals surface area contributed by atoms with Gasteiger partial charge >= 0.3 is 0 Å². The molecule has 0 atom stereocenters. The highest BCUT2D eigenvalue weighted by atomic mass is 32.1. The lowest BCUT2D eigenvalue weighted by molar-refractivity contribution is 0.853. The topological polar surface area (TPSA) is 38.9 Å². The molecule has 1 aromatic carbocycles. The Bertz CT molecular complexity index is 521. The second kappa shape index (κ2) is 4.49. The molecule has 0 radical (unpaired) electrons. The van der Waals surface area contributed by atoms with E-state index >= 15 is 0 Å².